The molecule has 1 amide bonds. The summed E-state index contributed by atoms with van der Waals surface area (Å²) in [5.41, 5.74) is 3.05. The second kappa shape index (κ2) is 7.77. The molecule has 1 fully saturated rings. The molecule has 0 radical (unpaired) electrons. The molecule has 2 atom stereocenters. The van der Waals surface area contributed by atoms with Gasteiger partial charge in [0.2, 0.25) is 0 Å². The molecule has 0 aromatic heterocycles. The van der Waals surface area contributed by atoms with Crippen molar-refractivity contribution in [3.8, 4) is 0 Å². The van der Waals surface area contributed by atoms with Crippen molar-refractivity contribution in [3.63, 3.8) is 0 Å². The summed E-state index contributed by atoms with van der Waals surface area (Å²) in [7, 11) is 0. The van der Waals surface area contributed by atoms with Crippen molar-refractivity contribution in [2.45, 2.75) is 40.5 Å². The van der Waals surface area contributed by atoms with Crippen LogP contribution in [0.2, 0.25) is 0 Å². The maximum Gasteiger partial charge on any atom is 0.251 e. The van der Waals surface area contributed by atoms with Crippen LogP contribution in [0.15, 0.2) is 18.2 Å². The molecule has 0 aliphatic carbocycles. The third kappa shape index (κ3) is 4.84. The third-order valence-corrected chi connectivity index (χ3v) is 4.51. The average Bonchev–Trinajstić information content (AvgIpc) is 2.42. The Bertz CT molecular complexity index is 502. The molecule has 1 aliphatic rings. The Morgan fingerprint density at radius 2 is 1.91 bits per heavy atom. The second-order valence-corrected chi connectivity index (χ2v) is 7.13. The normalized spacial score (nSPS) is 22.5. The first kappa shape index (κ1) is 17.0. The van der Waals surface area contributed by atoms with E-state index in [9.17, 15) is 4.79 Å². The van der Waals surface area contributed by atoms with E-state index in [-0.39, 0.29) is 5.91 Å². The number of nitrogens with one attached hydrogen (secondary N) is 1. The van der Waals surface area contributed by atoms with Crippen molar-refractivity contribution < 1.29 is 4.79 Å². The first-order valence-corrected chi connectivity index (χ1v) is 8.53. The Hall–Kier alpha value is -1.35. The lowest BCUT2D eigenvalue weighted by molar-refractivity contribution is 0.0946. The molecule has 0 bridgehead atoms. The van der Waals surface area contributed by atoms with Crippen LogP contribution in [0.3, 0.4) is 0 Å². The van der Waals surface area contributed by atoms with E-state index in [1.807, 2.05) is 19.1 Å². The standard InChI is InChI=1S/C19H30N2O/c1-14-6-7-18(17(4)11-14)19(22)20-8-5-9-21-12-15(2)10-16(3)13-21/h6-7,11,15-16H,5,8-10,12-13H2,1-4H3,(H,20,22)/t15-,16+. The van der Waals surface area contributed by atoms with Crippen molar-refractivity contribution in [3.05, 3.63) is 34.9 Å². The van der Waals surface area contributed by atoms with Crippen LogP contribution in [-0.2, 0) is 0 Å². The average molecular weight is 302 g/mol. The van der Waals surface area contributed by atoms with E-state index in [0.717, 1.165) is 42.5 Å². The third-order valence-electron chi connectivity index (χ3n) is 4.51. The van der Waals surface area contributed by atoms with Gasteiger partial charge in [-0.2, -0.15) is 0 Å². The van der Waals surface area contributed by atoms with Gasteiger partial charge in [-0.15, -0.1) is 0 Å². The maximum absolute atomic E-state index is 12.2. The highest BCUT2D eigenvalue weighted by Gasteiger charge is 2.21. The van der Waals surface area contributed by atoms with Gasteiger partial charge in [-0.3, -0.25) is 4.79 Å². The van der Waals surface area contributed by atoms with Crippen molar-refractivity contribution >= 4 is 5.91 Å². The van der Waals surface area contributed by atoms with Gasteiger partial charge in [0.05, 0.1) is 0 Å². The van der Waals surface area contributed by atoms with Gasteiger partial charge < -0.3 is 10.2 Å². The van der Waals surface area contributed by atoms with Crippen LogP contribution >= 0.6 is 0 Å². The largest absolute Gasteiger partial charge is 0.352 e. The van der Waals surface area contributed by atoms with E-state index >= 15 is 0 Å². The molecule has 0 spiro atoms. The molecule has 1 heterocycles. The predicted octanol–water partition coefficient (Wildman–Crippen LogP) is 3.40. The van der Waals surface area contributed by atoms with Gasteiger partial charge in [0, 0.05) is 25.2 Å². The zero-order chi connectivity index (χ0) is 16.1. The van der Waals surface area contributed by atoms with Crippen LogP contribution in [0, 0.1) is 25.7 Å². The van der Waals surface area contributed by atoms with Gasteiger partial charge in [0.15, 0.2) is 0 Å². The van der Waals surface area contributed by atoms with Crippen LogP contribution in [0.25, 0.3) is 0 Å². The molecule has 1 aromatic rings. The van der Waals surface area contributed by atoms with Crippen molar-refractivity contribution in [2.24, 2.45) is 11.8 Å². The summed E-state index contributed by atoms with van der Waals surface area (Å²) in [6.07, 6.45) is 2.37. The molecular formula is C19H30N2O. The highest BCUT2D eigenvalue weighted by molar-refractivity contribution is 5.95. The Labute approximate surface area is 135 Å². The number of hydrogen-bond donors (Lipinski definition) is 1. The fourth-order valence-electron chi connectivity index (χ4n) is 3.64. The SMILES string of the molecule is Cc1ccc(C(=O)NCCCN2C[C@H](C)C[C@H](C)C2)c(C)c1. The van der Waals surface area contributed by atoms with E-state index in [4.69, 9.17) is 0 Å². The Balaban J connectivity index is 1.73. The van der Waals surface area contributed by atoms with Gasteiger partial charge in [-0.05, 0) is 56.7 Å². The summed E-state index contributed by atoms with van der Waals surface area (Å²) in [6, 6.07) is 5.98. The first-order valence-electron chi connectivity index (χ1n) is 8.53. The zero-order valence-electron chi connectivity index (χ0n) is 14.5. The van der Waals surface area contributed by atoms with E-state index in [1.165, 1.54) is 25.1 Å². The maximum atomic E-state index is 12.2. The molecule has 122 valence electrons. The number of aryl methyl sites for hydroxylation is 2. The fraction of sp³-hybridized carbons (Fsp3) is 0.632. The molecule has 2 rings (SSSR count). The molecule has 3 nitrogen and oxygen atoms in total. The van der Waals surface area contributed by atoms with Gasteiger partial charge in [-0.1, -0.05) is 31.5 Å². The first-order chi connectivity index (χ1) is 10.5. The smallest absolute Gasteiger partial charge is 0.251 e. The Morgan fingerprint density at radius 1 is 1.23 bits per heavy atom. The van der Waals surface area contributed by atoms with E-state index in [1.54, 1.807) is 0 Å². The van der Waals surface area contributed by atoms with Crippen LogP contribution < -0.4 is 5.32 Å². The molecule has 0 unspecified atom stereocenters. The fourth-order valence-corrected chi connectivity index (χ4v) is 3.64. The van der Waals surface area contributed by atoms with Crippen LogP contribution in [0.5, 0.6) is 0 Å². The molecule has 1 N–H and O–H groups in total. The number of carbonyl (C=O) groups excluding carboxylic acids is 1. The van der Waals surface area contributed by atoms with Gasteiger partial charge in [0.1, 0.15) is 0 Å². The highest BCUT2D eigenvalue weighted by atomic mass is 16.1. The number of nitrogens with zero attached hydrogens (tertiary/aromatic N) is 1. The monoisotopic (exact) mass is 302 g/mol. The van der Waals surface area contributed by atoms with Crippen LogP contribution in [0.4, 0.5) is 0 Å². The van der Waals surface area contributed by atoms with Crippen molar-refractivity contribution in [1.29, 1.82) is 0 Å². The topological polar surface area (TPSA) is 32.3 Å². The van der Waals surface area contributed by atoms with E-state index in [2.05, 4.69) is 37.1 Å². The number of benzene rings is 1. The minimum atomic E-state index is 0.0536. The van der Waals surface area contributed by atoms with E-state index < -0.39 is 0 Å². The van der Waals surface area contributed by atoms with E-state index in [0.29, 0.717) is 0 Å². The summed E-state index contributed by atoms with van der Waals surface area (Å²) < 4.78 is 0. The Morgan fingerprint density at radius 3 is 2.55 bits per heavy atom. The summed E-state index contributed by atoms with van der Waals surface area (Å²) in [5.74, 6) is 1.65. The predicted molar refractivity (Wildman–Crippen MR) is 92.3 cm³/mol. The number of amides is 1. The minimum Gasteiger partial charge on any atom is -0.352 e. The molecule has 0 saturated carbocycles. The van der Waals surface area contributed by atoms with Gasteiger partial charge >= 0.3 is 0 Å². The molecular weight excluding hydrogens is 272 g/mol. The minimum absolute atomic E-state index is 0.0536. The summed E-state index contributed by atoms with van der Waals surface area (Å²) in [5, 5.41) is 3.06. The van der Waals surface area contributed by atoms with Crippen molar-refractivity contribution in [1.82, 2.24) is 10.2 Å². The molecule has 22 heavy (non-hydrogen) atoms. The number of likely N-dealkylation sites (tertiary alicyclic amines) is 1. The number of rotatable bonds is 5. The molecule has 1 aliphatic heterocycles. The quantitative estimate of drug-likeness (QED) is 0.846. The Kier molecular flexibility index (Phi) is 6.01. The zero-order valence-corrected chi connectivity index (χ0v) is 14.5. The lowest BCUT2D eigenvalue weighted by Crippen LogP contribution is -2.40. The molecule has 1 aromatic carbocycles. The lowest BCUT2D eigenvalue weighted by atomic mass is 9.92. The molecule has 3 heteroatoms. The summed E-state index contributed by atoms with van der Waals surface area (Å²) >= 11 is 0. The van der Waals surface area contributed by atoms with Crippen LogP contribution in [0.1, 0.15) is 48.2 Å². The second-order valence-electron chi connectivity index (χ2n) is 7.13. The number of carbonyl (C=O) groups is 1. The lowest BCUT2D eigenvalue weighted by Gasteiger charge is -2.34. The highest BCUT2D eigenvalue weighted by Crippen LogP contribution is 2.20. The van der Waals surface area contributed by atoms with Gasteiger partial charge in [-0.25, -0.2) is 0 Å². The van der Waals surface area contributed by atoms with Crippen molar-refractivity contribution in [2.75, 3.05) is 26.2 Å². The summed E-state index contributed by atoms with van der Waals surface area (Å²) in [4.78, 5) is 14.8. The summed E-state index contributed by atoms with van der Waals surface area (Å²) in [6.45, 7) is 13.0. The number of piperidine rings is 1. The van der Waals surface area contributed by atoms with Crippen LogP contribution in [-0.4, -0.2) is 37.0 Å². The number of hydrogen-bond acceptors (Lipinski definition) is 2. The molecule has 1 saturated heterocycles. The van der Waals surface area contributed by atoms with Gasteiger partial charge in [0.25, 0.3) is 5.91 Å².